The lowest BCUT2D eigenvalue weighted by Gasteiger charge is -2.22. The van der Waals surface area contributed by atoms with Gasteiger partial charge in [0.1, 0.15) is 11.1 Å². The monoisotopic (exact) mass is 434 g/mol. The highest BCUT2D eigenvalue weighted by Gasteiger charge is 2.47. The summed E-state index contributed by atoms with van der Waals surface area (Å²) in [4.78, 5) is 39.3. The molecule has 0 saturated carbocycles. The van der Waals surface area contributed by atoms with E-state index in [-0.39, 0.29) is 19.2 Å². The molecule has 32 heavy (non-hydrogen) atoms. The Morgan fingerprint density at radius 1 is 1.00 bits per heavy atom. The minimum absolute atomic E-state index is 0.0218. The molecule has 2 aliphatic heterocycles. The number of hydrogen-bond acceptors (Lipinski definition) is 6. The van der Waals surface area contributed by atoms with Crippen LogP contribution in [0.1, 0.15) is 29.2 Å². The molecule has 8 nitrogen and oxygen atoms in total. The molecule has 8 heteroatoms. The van der Waals surface area contributed by atoms with Crippen LogP contribution in [0.15, 0.2) is 45.6 Å². The predicted molar refractivity (Wildman–Crippen MR) is 116 cm³/mol. The SMILES string of the molecule is Cc1cc2oc(=O)cc(CN3C(=O)N[C@@](C)(Cc4ccc5c(c4)OCO5)C3=O)c2cc1C. The van der Waals surface area contributed by atoms with Crippen molar-refractivity contribution in [2.45, 2.75) is 39.3 Å². The number of imide groups is 1. The Morgan fingerprint density at radius 3 is 2.56 bits per heavy atom. The first-order valence-electron chi connectivity index (χ1n) is 10.3. The summed E-state index contributed by atoms with van der Waals surface area (Å²) in [6.07, 6.45) is 0.292. The first-order chi connectivity index (χ1) is 15.2. The highest BCUT2D eigenvalue weighted by Crippen LogP contribution is 2.34. The van der Waals surface area contributed by atoms with Crippen molar-refractivity contribution < 1.29 is 23.5 Å². The fraction of sp³-hybridized carbons (Fsp3) is 0.292. The second-order valence-electron chi connectivity index (χ2n) is 8.54. The van der Waals surface area contributed by atoms with Crippen LogP contribution in [0.2, 0.25) is 0 Å². The zero-order valence-electron chi connectivity index (χ0n) is 18.0. The van der Waals surface area contributed by atoms with Gasteiger partial charge in [0.05, 0.1) is 6.54 Å². The van der Waals surface area contributed by atoms with Crippen molar-refractivity contribution >= 4 is 22.9 Å². The molecule has 0 bridgehead atoms. The van der Waals surface area contributed by atoms with Gasteiger partial charge in [-0.1, -0.05) is 6.07 Å². The molecule has 164 valence electrons. The number of fused-ring (bicyclic) bond motifs is 2. The molecule has 0 spiro atoms. The average molecular weight is 434 g/mol. The van der Waals surface area contributed by atoms with Crippen LogP contribution in [0.4, 0.5) is 4.79 Å². The Kier molecular flexibility index (Phi) is 4.47. The second kappa shape index (κ2) is 7.12. The Labute approximate surface area is 183 Å². The minimum atomic E-state index is -1.12. The summed E-state index contributed by atoms with van der Waals surface area (Å²) in [5.41, 5.74) is 2.21. The minimum Gasteiger partial charge on any atom is -0.454 e. The number of urea groups is 1. The van der Waals surface area contributed by atoms with E-state index in [2.05, 4.69) is 5.32 Å². The van der Waals surface area contributed by atoms with Gasteiger partial charge in [0.25, 0.3) is 5.91 Å². The van der Waals surface area contributed by atoms with E-state index in [1.165, 1.54) is 6.07 Å². The zero-order valence-corrected chi connectivity index (χ0v) is 18.0. The Hall–Kier alpha value is -3.81. The van der Waals surface area contributed by atoms with Crippen LogP contribution in [-0.4, -0.2) is 29.2 Å². The van der Waals surface area contributed by atoms with Crippen molar-refractivity contribution in [3.05, 3.63) is 69.1 Å². The highest BCUT2D eigenvalue weighted by atomic mass is 16.7. The third-order valence-electron chi connectivity index (χ3n) is 6.11. The number of nitrogens with zero attached hydrogens (tertiary/aromatic N) is 1. The molecule has 1 saturated heterocycles. The third-order valence-corrected chi connectivity index (χ3v) is 6.11. The van der Waals surface area contributed by atoms with Gasteiger partial charge < -0.3 is 19.2 Å². The van der Waals surface area contributed by atoms with Gasteiger partial charge in [-0.25, -0.2) is 9.59 Å². The molecule has 3 aromatic rings. The lowest BCUT2D eigenvalue weighted by molar-refractivity contribution is -0.131. The molecule has 0 unspecified atom stereocenters. The van der Waals surface area contributed by atoms with Crippen LogP contribution in [0, 0.1) is 13.8 Å². The van der Waals surface area contributed by atoms with Crippen molar-refractivity contribution in [3.8, 4) is 11.5 Å². The van der Waals surface area contributed by atoms with Crippen LogP contribution in [0.5, 0.6) is 11.5 Å². The second-order valence-corrected chi connectivity index (χ2v) is 8.54. The van der Waals surface area contributed by atoms with Gasteiger partial charge in [0.15, 0.2) is 11.5 Å². The van der Waals surface area contributed by atoms with Crippen LogP contribution < -0.4 is 20.4 Å². The topological polar surface area (TPSA) is 98.1 Å². The molecule has 2 aliphatic rings. The molecule has 3 heterocycles. The standard InChI is InChI=1S/C24H22N2O6/c1-13-6-17-16(9-21(27)32-19(17)7-14(13)2)11-26-22(28)24(3,25-23(26)29)10-15-4-5-18-20(8-15)31-12-30-18/h4-9H,10-12H2,1-3H3,(H,25,29)/t24-/m0/s1. The Morgan fingerprint density at radius 2 is 1.75 bits per heavy atom. The summed E-state index contributed by atoms with van der Waals surface area (Å²) in [5.74, 6) is 0.917. The molecule has 1 N–H and O–H groups in total. The normalized spacial score (nSPS) is 19.7. The van der Waals surface area contributed by atoms with E-state index >= 15 is 0 Å². The maximum atomic E-state index is 13.3. The quantitative estimate of drug-likeness (QED) is 0.500. The van der Waals surface area contributed by atoms with Gasteiger partial charge in [-0.3, -0.25) is 9.69 Å². The lowest BCUT2D eigenvalue weighted by atomic mass is 9.92. The summed E-state index contributed by atoms with van der Waals surface area (Å²) in [6, 6.07) is 10.0. The number of amides is 3. The third kappa shape index (κ3) is 3.28. The van der Waals surface area contributed by atoms with Gasteiger partial charge in [0.2, 0.25) is 6.79 Å². The molecule has 5 rings (SSSR count). The van der Waals surface area contributed by atoms with E-state index < -0.39 is 17.2 Å². The number of ether oxygens (including phenoxy) is 2. The predicted octanol–water partition coefficient (Wildman–Crippen LogP) is 3.19. The molecule has 1 aromatic heterocycles. The van der Waals surface area contributed by atoms with Crippen molar-refractivity contribution in [2.75, 3.05) is 6.79 Å². The highest BCUT2D eigenvalue weighted by molar-refractivity contribution is 6.07. The molecule has 0 radical (unpaired) electrons. The smallest absolute Gasteiger partial charge is 0.336 e. The zero-order chi connectivity index (χ0) is 22.6. The summed E-state index contributed by atoms with van der Waals surface area (Å²) in [5, 5.41) is 3.52. The summed E-state index contributed by atoms with van der Waals surface area (Å²) < 4.78 is 16.1. The van der Waals surface area contributed by atoms with Gasteiger partial charge in [-0.2, -0.15) is 0 Å². The van der Waals surface area contributed by atoms with E-state index in [0.717, 1.165) is 21.6 Å². The summed E-state index contributed by atoms with van der Waals surface area (Å²) in [7, 11) is 0. The number of aryl methyl sites for hydroxylation is 2. The van der Waals surface area contributed by atoms with Crippen LogP contribution in [0.3, 0.4) is 0 Å². The number of rotatable bonds is 4. The Balaban J connectivity index is 1.44. The molecule has 1 atom stereocenters. The molecule has 0 aliphatic carbocycles. The number of hydrogen-bond donors (Lipinski definition) is 1. The van der Waals surface area contributed by atoms with Gasteiger partial charge in [-0.05, 0) is 67.3 Å². The Bertz CT molecular complexity index is 1340. The lowest BCUT2D eigenvalue weighted by Crippen LogP contribution is -2.45. The number of carbonyl (C=O) groups excluding carboxylic acids is 2. The molecule has 1 fully saturated rings. The van der Waals surface area contributed by atoms with E-state index in [4.69, 9.17) is 13.9 Å². The largest absolute Gasteiger partial charge is 0.454 e. The van der Waals surface area contributed by atoms with Gasteiger partial charge in [0, 0.05) is 17.9 Å². The number of carbonyl (C=O) groups is 2. The van der Waals surface area contributed by atoms with E-state index in [0.29, 0.717) is 34.5 Å². The molecule has 2 aromatic carbocycles. The number of benzene rings is 2. The first kappa shape index (κ1) is 20.1. The summed E-state index contributed by atoms with van der Waals surface area (Å²) in [6.45, 7) is 5.73. The fourth-order valence-electron chi connectivity index (χ4n) is 4.25. The van der Waals surface area contributed by atoms with Gasteiger partial charge >= 0.3 is 11.7 Å². The van der Waals surface area contributed by atoms with Crippen LogP contribution >= 0.6 is 0 Å². The van der Waals surface area contributed by atoms with E-state index in [1.54, 1.807) is 19.1 Å². The first-order valence-corrected chi connectivity index (χ1v) is 10.3. The van der Waals surface area contributed by atoms with E-state index in [1.807, 2.05) is 32.0 Å². The van der Waals surface area contributed by atoms with Crippen molar-refractivity contribution in [1.29, 1.82) is 0 Å². The van der Waals surface area contributed by atoms with Crippen molar-refractivity contribution in [2.24, 2.45) is 0 Å². The van der Waals surface area contributed by atoms with E-state index in [9.17, 15) is 14.4 Å². The maximum absolute atomic E-state index is 13.3. The van der Waals surface area contributed by atoms with Crippen molar-refractivity contribution in [1.82, 2.24) is 10.2 Å². The fourth-order valence-corrected chi connectivity index (χ4v) is 4.25. The average Bonchev–Trinajstić information content (AvgIpc) is 3.27. The number of nitrogens with one attached hydrogen (secondary N) is 1. The van der Waals surface area contributed by atoms with Gasteiger partial charge in [-0.15, -0.1) is 0 Å². The van der Waals surface area contributed by atoms with Crippen LogP contribution in [-0.2, 0) is 17.8 Å². The maximum Gasteiger partial charge on any atom is 0.336 e. The summed E-state index contributed by atoms with van der Waals surface area (Å²) >= 11 is 0. The van der Waals surface area contributed by atoms with Crippen LogP contribution in [0.25, 0.3) is 11.0 Å². The molecular weight excluding hydrogens is 412 g/mol. The van der Waals surface area contributed by atoms with Crippen molar-refractivity contribution in [3.63, 3.8) is 0 Å². The molecular formula is C24H22N2O6. The molecule has 3 amide bonds.